The van der Waals surface area contributed by atoms with Gasteiger partial charge in [-0.25, -0.2) is 8.42 Å². The van der Waals surface area contributed by atoms with Crippen LogP contribution in [0.5, 0.6) is 5.75 Å². The van der Waals surface area contributed by atoms with Crippen molar-refractivity contribution in [2.24, 2.45) is 0 Å². The minimum atomic E-state index is -3.53. The standard InChI is InChI=1S/C15H16ClNO3S/c1-11-5-3-4-6-12(11)10-21(18,19)17-15-8-7-13(20-2)9-14(15)16/h3-9,17H,10H2,1-2H3. The van der Waals surface area contributed by atoms with E-state index in [1.165, 1.54) is 7.11 Å². The molecule has 0 radical (unpaired) electrons. The van der Waals surface area contributed by atoms with E-state index in [1.54, 1.807) is 24.3 Å². The van der Waals surface area contributed by atoms with E-state index < -0.39 is 10.0 Å². The maximum atomic E-state index is 12.2. The molecule has 0 aliphatic heterocycles. The molecule has 0 amide bonds. The number of rotatable bonds is 5. The molecule has 1 N–H and O–H groups in total. The van der Waals surface area contributed by atoms with Crippen LogP contribution in [0.3, 0.4) is 0 Å². The fraction of sp³-hybridized carbons (Fsp3) is 0.200. The minimum Gasteiger partial charge on any atom is -0.497 e. The molecule has 2 aromatic rings. The molecular weight excluding hydrogens is 310 g/mol. The fourth-order valence-corrected chi connectivity index (χ4v) is 3.48. The van der Waals surface area contributed by atoms with Gasteiger partial charge >= 0.3 is 0 Å². The summed E-state index contributed by atoms with van der Waals surface area (Å²) in [7, 11) is -2.01. The van der Waals surface area contributed by atoms with Crippen LogP contribution in [0.4, 0.5) is 5.69 Å². The van der Waals surface area contributed by atoms with Crippen LogP contribution in [0.25, 0.3) is 0 Å². The molecule has 0 aliphatic carbocycles. The number of sulfonamides is 1. The molecule has 0 saturated carbocycles. The lowest BCUT2D eigenvalue weighted by molar-refractivity contribution is 0.415. The predicted octanol–water partition coefficient (Wildman–Crippen LogP) is 3.60. The second-order valence-electron chi connectivity index (χ2n) is 4.63. The second kappa shape index (κ2) is 6.37. The van der Waals surface area contributed by atoms with Crippen LogP contribution in [-0.2, 0) is 15.8 Å². The average molecular weight is 326 g/mol. The summed E-state index contributed by atoms with van der Waals surface area (Å²) in [6.45, 7) is 1.88. The number of hydrogen-bond donors (Lipinski definition) is 1. The number of aryl methyl sites for hydroxylation is 1. The third-order valence-corrected chi connectivity index (χ3v) is 4.58. The zero-order valence-corrected chi connectivity index (χ0v) is 13.3. The lowest BCUT2D eigenvalue weighted by atomic mass is 10.1. The quantitative estimate of drug-likeness (QED) is 0.913. The summed E-state index contributed by atoms with van der Waals surface area (Å²) >= 11 is 6.04. The molecule has 6 heteroatoms. The largest absolute Gasteiger partial charge is 0.497 e. The molecule has 2 rings (SSSR count). The third-order valence-electron chi connectivity index (χ3n) is 3.05. The van der Waals surface area contributed by atoms with E-state index in [4.69, 9.17) is 16.3 Å². The molecule has 4 nitrogen and oxygen atoms in total. The molecule has 2 aromatic carbocycles. The Hall–Kier alpha value is -1.72. The van der Waals surface area contributed by atoms with Crippen molar-refractivity contribution in [1.29, 1.82) is 0 Å². The smallest absolute Gasteiger partial charge is 0.236 e. The maximum Gasteiger partial charge on any atom is 0.236 e. The van der Waals surface area contributed by atoms with E-state index in [9.17, 15) is 8.42 Å². The van der Waals surface area contributed by atoms with E-state index >= 15 is 0 Å². The molecule has 0 saturated heterocycles. The minimum absolute atomic E-state index is 0.0952. The number of ether oxygens (including phenoxy) is 1. The van der Waals surface area contributed by atoms with Crippen LogP contribution in [-0.4, -0.2) is 15.5 Å². The molecule has 0 aliphatic rings. The van der Waals surface area contributed by atoms with Crippen molar-refractivity contribution in [2.75, 3.05) is 11.8 Å². The van der Waals surface area contributed by atoms with Gasteiger partial charge < -0.3 is 4.74 Å². The van der Waals surface area contributed by atoms with Crippen LogP contribution >= 0.6 is 11.6 Å². The lowest BCUT2D eigenvalue weighted by Crippen LogP contribution is -2.16. The summed E-state index contributed by atoms with van der Waals surface area (Å²) in [4.78, 5) is 0. The van der Waals surface area contributed by atoms with Crippen molar-refractivity contribution in [3.05, 3.63) is 58.6 Å². The maximum absolute atomic E-state index is 12.2. The fourth-order valence-electron chi connectivity index (χ4n) is 1.89. The zero-order chi connectivity index (χ0) is 15.5. The SMILES string of the molecule is COc1ccc(NS(=O)(=O)Cc2ccccc2C)c(Cl)c1. The normalized spacial score (nSPS) is 11.2. The Labute approximate surface area is 129 Å². The number of nitrogens with one attached hydrogen (secondary N) is 1. The van der Waals surface area contributed by atoms with Crippen LogP contribution in [0, 0.1) is 6.92 Å². The van der Waals surface area contributed by atoms with Gasteiger partial charge in [-0.2, -0.15) is 0 Å². The molecule has 0 aromatic heterocycles. The summed E-state index contributed by atoms with van der Waals surface area (Å²) in [6, 6.07) is 12.2. The Kier molecular flexibility index (Phi) is 4.75. The van der Waals surface area contributed by atoms with Gasteiger partial charge in [0.05, 0.1) is 23.6 Å². The summed E-state index contributed by atoms with van der Waals surface area (Å²) < 4.78 is 32.0. The zero-order valence-electron chi connectivity index (χ0n) is 11.8. The second-order valence-corrected chi connectivity index (χ2v) is 6.76. The van der Waals surface area contributed by atoms with Crippen LogP contribution in [0.2, 0.25) is 5.02 Å². The highest BCUT2D eigenvalue weighted by Crippen LogP contribution is 2.28. The van der Waals surface area contributed by atoms with Gasteiger partial charge in [-0.05, 0) is 30.2 Å². The van der Waals surface area contributed by atoms with Gasteiger partial charge in [-0.3, -0.25) is 4.72 Å². The highest BCUT2D eigenvalue weighted by molar-refractivity contribution is 7.91. The summed E-state index contributed by atoms with van der Waals surface area (Å²) in [5, 5.41) is 0.294. The van der Waals surface area contributed by atoms with Gasteiger partial charge in [0.1, 0.15) is 5.75 Å². The van der Waals surface area contributed by atoms with Crippen molar-refractivity contribution >= 4 is 27.3 Å². The van der Waals surface area contributed by atoms with E-state index in [2.05, 4.69) is 4.72 Å². The molecule has 0 bridgehead atoms. The molecule has 0 unspecified atom stereocenters. The molecular formula is C15H16ClNO3S. The van der Waals surface area contributed by atoms with Gasteiger partial charge in [-0.15, -0.1) is 0 Å². The molecule has 21 heavy (non-hydrogen) atoms. The Balaban J connectivity index is 2.20. The van der Waals surface area contributed by atoms with Gasteiger partial charge in [0.25, 0.3) is 0 Å². The number of hydrogen-bond acceptors (Lipinski definition) is 3. The van der Waals surface area contributed by atoms with E-state index in [0.717, 1.165) is 11.1 Å². The highest BCUT2D eigenvalue weighted by Gasteiger charge is 2.15. The Morgan fingerprint density at radius 3 is 2.52 bits per heavy atom. The first kappa shape index (κ1) is 15.7. The first-order valence-corrected chi connectivity index (χ1v) is 8.33. The molecule has 0 fully saturated rings. The average Bonchev–Trinajstić information content (AvgIpc) is 2.43. The first-order valence-electron chi connectivity index (χ1n) is 6.30. The van der Waals surface area contributed by atoms with E-state index in [1.807, 2.05) is 25.1 Å². The summed E-state index contributed by atoms with van der Waals surface area (Å²) in [6.07, 6.45) is 0. The number of halogens is 1. The van der Waals surface area contributed by atoms with E-state index in [-0.39, 0.29) is 5.75 Å². The van der Waals surface area contributed by atoms with Crippen molar-refractivity contribution in [1.82, 2.24) is 0 Å². The van der Waals surface area contributed by atoms with Gasteiger partial charge in [0, 0.05) is 6.07 Å². The summed E-state index contributed by atoms with van der Waals surface area (Å²) in [5.41, 5.74) is 2.03. The van der Waals surface area contributed by atoms with Gasteiger partial charge in [0.15, 0.2) is 0 Å². The molecule has 0 atom stereocenters. The lowest BCUT2D eigenvalue weighted by Gasteiger charge is -2.11. The third kappa shape index (κ3) is 4.12. The van der Waals surface area contributed by atoms with Crippen molar-refractivity contribution in [2.45, 2.75) is 12.7 Å². The molecule has 112 valence electrons. The molecule has 0 heterocycles. The van der Waals surface area contributed by atoms with Crippen molar-refractivity contribution in [3.63, 3.8) is 0 Å². The Morgan fingerprint density at radius 2 is 1.90 bits per heavy atom. The predicted molar refractivity (Wildman–Crippen MR) is 85.4 cm³/mol. The monoisotopic (exact) mass is 325 g/mol. The van der Waals surface area contributed by atoms with Gasteiger partial charge in [0.2, 0.25) is 10.0 Å². The summed E-state index contributed by atoms with van der Waals surface area (Å²) in [5.74, 6) is 0.476. The topological polar surface area (TPSA) is 55.4 Å². The number of anilines is 1. The number of methoxy groups -OCH3 is 1. The van der Waals surface area contributed by atoms with Crippen LogP contribution in [0.15, 0.2) is 42.5 Å². The first-order chi connectivity index (χ1) is 9.91. The van der Waals surface area contributed by atoms with Gasteiger partial charge in [-0.1, -0.05) is 35.9 Å². The van der Waals surface area contributed by atoms with Crippen molar-refractivity contribution < 1.29 is 13.2 Å². The Morgan fingerprint density at radius 1 is 1.19 bits per heavy atom. The van der Waals surface area contributed by atoms with Crippen molar-refractivity contribution in [3.8, 4) is 5.75 Å². The van der Waals surface area contributed by atoms with Crippen LogP contribution < -0.4 is 9.46 Å². The van der Waals surface area contributed by atoms with Crippen LogP contribution in [0.1, 0.15) is 11.1 Å². The highest BCUT2D eigenvalue weighted by atomic mass is 35.5. The number of benzene rings is 2. The Bertz CT molecular complexity index is 744. The van der Waals surface area contributed by atoms with E-state index in [0.29, 0.717) is 16.5 Å². The molecule has 0 spiro atoms.